The first-order valence-electron chi connectivity index (χ1n) is 5.71. The number of nitrogens with one attached hydrogen (secondary N) is 1. The molecule has 0 fully saturated rings. The molecule has 1 N–H and O–H groups in total. The highest BCUT2D eigenvalue weighted by molar-refractivity contribution is 6.32. The SMILES string of the molecule is FC(F)(F)COCCCNc1ncc(C(F)(F)F)cc1Cl. The zero-order valence-electron chi connectivity index (χ0n) is 10.5. The van der Waals surface area contributed by atoms with E-state index in [4.69, 9.17) is 11.6 Å². The molecule has 1 aromatic rings. The molecule has 0 unspecified atom stereocenters. The highest BCUT2D eigenvalue weighted by Gasteiger charge is 2.31. The maximum absolute atomic E-state index is 12.4. The molecule has 0 amide bonds. The highest BCUT2D eigenvalue weighted by Crippen LogP contribution is 2.32. The fourth-order valence-electron chi connectivity index (χ4n) is 1.29. The van der Waals surface area contributed by atoms with Gasteiger partial charge in [-0.1, -0.05) is 11.6 Å². The van der Waals surface area contributed by atoms with Crippen LogP contribution in [0.25, 0.3) is 0 Å². The van der Waals surface area contributed by atoms with Crippen molar-refractivity contribution in [1.29, 1.82) is 0 Å². The Morgan fingerprint density at radius 1 is 1.19 bits per heavy atom. The Hall–Kier alpha value is -1.22. The number of aromatic nitrogens is 1. The predicted octanol–water partition coefficient (Wildman–Crippen LogP) is 4.13. The van der Waals surface area contributed by atoms with Crippen LogP contribution in [0.4, 0.5) is 32.2 Å². The van der Waals surface area contributed by atoms with Crippen molar-refractivity contribution in [2.45, 2.75) is 18.8 Å². The predicted molar refractivity (Wildman–Crippen MR) is 64.2 cm³/mol. The van der Waals surface area contributed by atoms with Gasteiger partial charge in [-0.05, 0) is 12.5 Å². The molecule has 0 aliphatic carbocycles. The zero-order chi connectivity index (χ0) is 16.1. The van der Waals surface area contributed by atoms with Crippen LogP contribution in [0.2, 0.25) is 5.02 Å². The number of rotatable bonds is 6. The molecule has 1 rings (SSSR count). The Morgan fingerprint density at radius 2 is 1.86 bits per heavy atom. The summed E-state index contributed by atoms with van der Waals surface area (Å²) in [4.78, 5) is 3.52. The van der Waals surface area contributed by atoms with Crippen LogP contribution >= 0.6 is 11.6 Å². The third-order valence-corrected chi connectivity index (χ3v) is 2.48. The number of hydrogen-bond donors (Lipinski definition) is 1. The summed E-state index contributed by atoms with van der Waals surface area (Å²) in [5.41, 5.74) is -0.980. The van der Waals surface area contributed by atoms with Crippen LogP contribution in [0.15, 0.2) is 12.3 Å². The summed E-state index contributed by atoms with van der Waals surface area (Å²) < 4.78 is 76.7. The van der Waals surface area contributed by atoms with E-state index in [2.05, 4.69) is 15.0 Å². The second kappa shape index (κ2) is 7.17. The summed E-state index contributed by atoms with van der Waals surface area (Å²) in [5, 5.41) is 2.40. The summed E-state index contributed by atoms with van der Waals surface area (Å²) in [7, 11) is 0. The molecule has 1 heterocycles. The summed E-state index contributed by atoms with van der Waals surface area (Å²) in [6.07, 6.45) is -8.09. The highest BCUT2D eigenvalue weighted by atomic mass is 35.5. The van der Waals surface area contributed by atoms with Crippen molar-refractivity contribution in [2.24, 2.45) is 0 Å². The molecule has 0 aliphatic rings. The normalized spacial score (nSPS) is 12.5. The van der Waals surface area contributed by atoms with E-state index in [1.165, 1.54) is 0 Å². The van der Waals surface area contributed by atoms with Gasteiger partial charge in [0.15, 0.2) is 0 Å². The van der Waals surface area contributed by atoms with E-state index in [1.807, 2.05) is 0 Å². The first-order chi connectivity index (χ1) is 9.59. The molecule has 120 valence electrons. The molecule has 10 heteroatoms. The summed E-state index contributed by atoms with van der Waals surface area (Å²) in [6.45, 7) is -1.33. The molecule has 3 nitrogen and oxygen atoms in total. The van der Waals surface area contributed by atoms with Crippen molar-refractivity contribution in [1.82, 2.24) is 4.98 Å². The molecular weight excluding hydrogens is 326 g/mol. The molecule has 0 saturated carbocycles. The number of halogens is 7. The van der Waals surface area contributed by atoms with E-state index >= 15 is 0 Å². The first kappa shape index (κ1) is 17.8. The number of alkyl halides is 6. The van der Waals surface area contributed by atoms with Gasteiger partial charge < -0.3 is 10.1 Å². The maximum atomic E-state index is 12.4. The van der Waals surface area contributed by atoms with Crippen molar-refractivity contribution < 1.29 is 31.1 Å². The Bertz CT molecular complexity index is 463. The number of anilines is 1. The Kier molecular flexibility index (Phi) is 6.09. The second-order valence-electron chi connectivity index (χ2n) is 4.00. The van der Waals surface area contributed by atoms with Crippen molar-refractivity contribution in [3.63, 3.8) is 0 Å². The minimum absolute atomic E-state index is 0.0282. The largest absolute Gasteiger partial charge is 0.417 e. The Balaban J connectivity index is 2.36. The lowest BCUT2D eigenvalue weighted by Gasteiger charge is -2.11. The topological polar surface area (TPSA) is 34.1 Å². The second-order valence-corrected chi connectivity index (χ2v) is 4.41. The molecule has 0 spiro atoms. The maximum Gasteiger partial charge on any atom is 0.417 e. The van der Waals surface area contributed by atoms with Crippen molar-refractivity contribution >= 4 is 17.4 Å². The molecule has 0 bridgehead atoms. The Morgan fingerprint density at radius 3 is 2.38 bits per heavy atom. The van der Waals surface area contributed by atoms with E-state index in [0.717, 1.165) is 6.07 Å². The van der Waals surface area contributed by atoms with Gasteiger partial charge >= 0.3 is 12.4 Å². The Labute approximate surface area is 121 Å². The van der Waals surface area contributed by atoms with Gasteiger partial charge in [-0.2, -0.15) is 26.3 Å². The molecule has 0 saturated heterocycles. The van der Waals surface area contributed by atoms with Crippen LogP contribution in [0.1, 0.15) is 12.0 Å². The van der Waals surface area contributed by atoms with Crippen LogP contribution in [0, 0.1) is 0 Å². The van der Waals surface area contributed by atoms with Gasteiger partial charge in [0.25, 0.3) is 0 Å². The quantitative estimate of drug-likeness (QED) is 0.626. The molecule has 0 atom stereocenters. The van der Waals surface area contributed by atoms with E-state index in [0.29, 0.717) is 6.20 Å². The molecule has 0 aromatic carbocycles. The zero-order valence-corrected chi connectivity index (χ0v) is 11.2. The summed E-state index contributed by atoms with van der Waals surface area (Å²) >= 11 is 5.63. The molecule has 21 heavy (non-hydrogen) atoms. The monoisotopic (exact) mass is 336 g/mol. The van der Waals surface area contributed by atoms with Crippen molar-refractivity contribution in [3.8, 4) is 0 Å². The average Bonchev–Trinajstić information content (AvgIpc) is 2.32. The molecule has 1 aromatic heterocycles. The summed E-state index contributed by atoms with van der Waals surface area (Å²) in [5.74, 6) is 0.0282. The van der Waals surface area contributed by atoms with Crippen LogP contribution < -0.4 is 5.32 Å². The number of hydrogen-bond acceptors (Lipinski definition) is 3. The summed E-state index contributed by atoms with van der Waals surface area (Å²) in [6, 6.07) is 0.719. The molecular formula is C11H11ClF6N2O. The third-order valence-electron chi connectivity index (χ3n) is 2.19. The van der Waals surface area contributed by atoms with Gasteiger partial charge in [-0.15, -0.1) is 0 Å². The lowest BCUT2D eigenvalue weighted by molar-refractivity contribution is -0.173. The van der Waals surface area contributed by atoms with Gasteiger partial charge in [0.1, 0.15) is 12.4 Å². The first-order valence-corrected chi connectivity index (χ1v) is 6.08. The van der Waals surface area contributed by atoms with Gasteiger partial charge in [0.2, 0.25) is 0 Å². The van der Waals surface area contributed by atoms with Crippen LogP contribution in [0.5, 0.6) is 0 Å². The van der Waals surface area contributed by atoms with Crippen molar-refractivity contribution in [2.75, 3.05) is 25.1 Å². The number of nitrogens with zero attached hydrogens (tertiary/aromatic N) is 1. The lowest BCUT2D eigenvalue weighted by atomic mass is 10.3. The standard InChI is InChI=1S/C11H11ClF6N2O/c12-8-4-7(11(16,17)18)5-20-9(8)19-2-1-3-21-6-10(13,14)15/h4-5H,1-3,6H2,(H,19,20). The smallest absolute Gasteiger partial charge is 0.372 e. The lowest BCUT2D eigenvalue weighted by Crippen LogP contribution is -2.18. The van der Waals surface area contributed by atoms with Crippen molar-refractivity contribution in [3.05, 3.63) is 22.8 Å². The van der Waals surface area contributed by atoms with Gasteiger partial charge in [-0.25, -0.2) is 4.98 Å². The fourth-order valence-corrected chi connectivity index (χ4v) is 1.53. The third kappa shape index (κ3) is 6.85. The van der Waals surface area contributed by atoms with Crippen LogP contribution in [0.3, 0.4) is 0 Å². The van der Waals surface area contributed by atoms with Gasteiger partial charge in [0, 0.05) is 19.3 Å². The van der Waals surface area contributed by atoms with Gasteiger partial charge in [0.05, 0.1) is 10.6 Å². The van der Waals surface area contributed by atoms with Gasteiger partial charge in [-0.3, -0.25) is 0 Å². The van der Waals surface area contributed by atoms with E-state index in [9.17, 15) is 26.3 Å². The van der Waals surface area contributed by atoms with E-state index < -0.39 is 24.5 Å². The fraction of sp³-hybridized carbons (Fsp3) is 0.545. The van der Waals surface area contributed by atoms with E-state index in [1.54, 1.807) is 0 Å². The van der Waals surface area contributed by atoms with Crippen LogP contribution in [-0.2, 0) is 10.9 Å². The minimum atomic E-state index is -4.54. The van der Waals surface area contributed by atoms with E-state index in [-0.39, 0.29) is 30.4 Å². The molecule has 0 radical (unpaired) electrons. The molecule has 0 aliphatic heterocycles. The average molecular weight is 337 g/mol. The number of pyridine rings is 1. The minimum Gasteiger partial charge on any atom is -0.372 e. The number of ether oxygens (including phenoxy) is 1. The van der Waals surface area contributed by atoms with Crippen LogP contribution in [-0.4, -0.2) is 30.9 Å².